The molecular formula is C23H22ClN3O5S. The second-order valence-corrected chi connectivity index (χ2v) is 9.30. The maximum Gasteiger partial charge on any atom is 0.257 e. The molecule has 0 radical (unpaired) electrons. The van der Waals surface area contributed by atoms with Crippen LogP contribution in [0, 0.1) is 0 Å². The largest absolute Gasteiger partial charge is 0.456 e. The van der Waals surface area contributed by atoms with Crippen molar-refractivity contribution in [3.8, 4) is 11.5 Å². The van der Waals surface area contributed by atoms with Gasteiger partial charge in [0.1, 0.15) is 11.5 Å². The first kappa shape index (κ1) is 23.1. The summed E-state index contributed by atoms with van der Waals surface area (Å²) in [6, 6.07) is 18.2. The van der Waals surface area contributed by atoms with Gasteiger partial charge in [0.2, 0.25) is 10.0 Å². The second-order valence-electron chi connectivity index (χ2n) is 7.33. The van der Waals surface area contributed by atoms with Gasteiger partial charge in [0.15, 0.2) is 0 Å². The van der Waals surface area contributed by atoms with Crippen LogP contribution < -0.4 is 20.1 Å². The van der Waals surface area contributed by atoms with E-state index in [1.165, 1.54) is 12.1 Å². The van der Waals surface area contributed by atoms with Crippen molar-refractivity contribution in [2.45, 2.75) is 4.90 Å². The number of benzene rings is 3. The van der Waals surface area contributed by atoms with Gasteiger partial charge in [0, 0.05) is 24.5 Å². The smallest absolute Gasteiger partial charge is 0.257 e. The molecule has 3 N–H and O–H groups in total. The van der Waals surface area contributed by atoms with Gasteiger partial charge in [-0.2, -0.15) is 0 Å². The van der Waals surface area contributed by atoms with Gasteiger partial charge in [-0.05, 0) is 54.6 Å². The lowest BCUT2D eigenvalue weighted by molar-refractivity contribution is 0.102. The number of ether oxygens (including phenoxy) is 2. The highest BCUT2D eigenvalue weighted by Gasteiger charge is 2.22. The lowest BCUT2D eigenvalue weighted by atomic mass is 10.1. The molecule has 10 heteroatoms. The van der Waals surface area contributed by atoms with E-state index >= 15 is 0 Å². The van der Waals surface area contributed by atoms with E-state index < -0.39 is 15.9 Å². The van der Waals surface area contributed by atoms with E-state index in [1.807, 2.05) is 17.0 Å². The minimum Gasteiger partial charge on any atom is -0.456 e. The van der Waals surface area contributed by atoms with Crippen LogP contribution in [0.1, 0.15) is 10.4 Å². The summed E-state index contributed by atoms with van der Waals surface area (Å²) in [5.41, 5.74) is 1.34. The van der Waals surface area contributed by atoms with Gasteiger partial charge in [-0.3, -0.25) is 4.79 Å². The number of hydrogen-bond donors (Lipinski definition) is 2. The molecule has 33 heavy (non-hydrogen) atoms. The summed E-state index contributed by atoms with van der Waals surface area (Å²) < 4.78 is 34.8. The number of para-hydroxylation sites is 1. The van der Waals surface area contributed by atoms with Crippen molar-refractivity contribution in [1.82, 2.24) is 0 Å². The first-order chi connectivity index (χ1) is 15.8. The van der Waals surface area contributed by atoms with Crippen molar-refractivity contribution in [2.75, 3.05) is 36.5 Å². The number of sulfonamides is 1. The Morgan fingerprint density at radius 2 is 1.73 bits per heavy atom. The van der Waals surface area contributed by atoms with Crippen LogP contribution in [-0.4, -0.2) is 40.6 Å². The number of halogens is 1. The zero-order chi connectivity index (χ0) is 23.4. The summed E-state index contributed by atoms with van der Waals surface area (Å²) >= 11 is 6.12. The number of anilines is 2. The van der Waals surface area contributed by atoms with Gasteiger partial charge in [0.05, 0.1) is 28.7 Å². The van der Waals surface area contributed by atoms with E-state index in [-0.39, 0.29) is 10.5 Å². The summed E-state index contributed by atoms with van der Waals surface area (Å²) in [4.78, 5) is 15.0. The monoisotopic (exact) mass is 487 g/mol. The molecule has 1 aliphatic rings. The third-order valence-corrected chi connectivity index (χ3v) is 6.29. The van der Waals surface area contributed by atoms with Crippen molar-refractivity contribution in [2.24, 2.45) is 5.14 Å². The zero-order valence-electron chi connectivity index (χ0n) is 17.5. The molecule has 0 saturated carbocycles. The zero-order valence-corrected chi connectivity index (χ0v) is 19.1. The van der Waals surface area contributed by atoms with Crippen molar-refractivity contribution in [1.29, 1.82) is 0 Å². The number of carbonyl (C=O) groups excluding carboxylic acids is 1. The molecule has 0 bridgehead atoms. The second kappa shape index (κ2) is 9.80. The van der Waals surface area contributed by atoms with Crippen molar-refractivity contribution >= 4 is 38.9 Å². The fraction of sp³-hybridized carbons (Fsp3) is 0.174. The van der Waals surface area contributed by atoms with Gasteiger partial charge in [-0.25, -0.2) is 13.6 Å². The maximum absolute atomic E-state index is 13.1. The van der Waals surface area contributed by atoms with Gasteiger partial charge >= 0.3 is 0 Å². The molecule has 0 aliphatic carbocycles. The number of nitrogens with two attached hydrogens (primary N) is 1. The van der Waals surface area contributed by atoms with E-state index in [2.05, 4.69) is 5.32 Å². The molecule has 0 aromatic heterocycles. The molecule has 0 atom stereocenters. The highest BCUT2D eigenvalue weighted by molar-refractivity contribution is 7.89. The van der Waals surface area contributed by atoms with Crippen LogP contribution in [0.4, 0.5) is 11.4 Å². The number of amides is 1. The van der Waals surface area contributed by atoms with Crippen molar-refractivity contribution in [3.05, 3.63) is 77.3 Å². The molecular weight excluding hydrogens is 466 g/mol. The molecule has 172 valence electrons. The SMILES string of the molecule is NS(=O)(=O)c1ccc(N2CCOCC2)c(C(=O)Nc2ccc(Oc3ccccc3Cl)cc2)c1. The number of nitrogens with zero attached hydrogens (tertiary/aromatic N) is 1. The number of morpholine rings is 1. The lowest BCUT2D eigenvalue weighted by Gasteiger charge is -2.30. The molecule has 1 saturated heterocycles. The molecule has 1 fully saturated rings. The predicted octanol–water partition coefficient (Wildman–Crippen LogP) is 3.87. The van der Waals surface area contributed by atoms with E-state index in [0.717, 1.165) is 0 Å². The maximum atomic E-state index is 13.1. The van der Waals surface area contributed by atoms with Crippen LogP contribution in [-0.2, 0) is 14.8 Å². The third kappa shape index (κ3) is 5.63. The normalized spacial score (nSPS) is 14.1. The van der Waals surface area contributed by atoms with Gasteiger partial charge in [-0.15, -0.1) is 0 Å². The molecule has 3 aromatic rings. The van der Waals surface area contributed by atoms with Gasteiger partial charge < -0.3 is 19.7 Å². The Morgan fingerprint density at radius 1 is 1.03 bits per heavy atom. The average molecular weight is 488 g/mol. The highest BCUT2D eigenvalue weighted by Crippen LogP contribution is 2.30. The quantitative estimate of drug-likeness (QED) is 0.546. The number of nitrogens with one attached hydrogen (secondary N) is 1. The topological polar surface area (TPSA) is 111 Å². The molecule has 3 aromatic carbocycles. The van der Waals surface area contributed by atoms with Crippen LogP contribution in [0.5, 0.6) is 11.5 Å². The number of hydrogen-bond acceptors (Lipinski definition) is 6. The van der Waals surface area contributed by atoms with Crippen LogP contribution in [0.2, 0.25) is 5.02 Å². The molecule has 4 rings (SSSR count). The first-order valence-corrected chi connectivity index (χ1v) is 12.1. The summed E-state index contributed by atoms with van der Waals surface area (Å²) in [5, 5.41) is 8.57. The standard InChI is InChI=1S/C23H22ClN3O5S/c24-20-3-1-2-4-22(20)32-17-7-5-16(6-8-17)26-23(28)19-15-18(33(25,29)30)9-10-21(19)27-11-13-31-14-12-27/h1-10,15H,11-14H2,(H,26,28)(H2,25,29,30). The van der Waals surface area contributed by atoms with E-state index in [0.29, 0.717) is 54.2 Å². The minimum atomic E-state index is -3.97. The Hall–Kier alpha value is -3.11. The Balaban J connectivity index is 1.56. The third-order valence-electron chi connectivity index (χ3n) is 5.07. The fourth-order valence-corrected chi connectivity index (χ4v) is 4.13. The number of carbonyl (C=O) groups is 1. The predicted molar refractivity (Wildman–Crippen MR) is 127 cm³/mol. The van der Waals surface area contributed by atoms with E-state index in [4.69, 9.17) is 26.2 Å². The number of rotatable bonds is 6. The fourth-order valence-electron chi connectivity index (χ4n) is 3.41. The molecule has 0 unspecified atom stereocenters. The molecule has 8 nitrogen and oxygen atoms in total. The van der Waals surface area contributed by atoms with Crippen molar-refractivity contribution < 1.29 is 22.7 Å². The van der Waals surface area contributed by atoms with Crippen molar-refractivity contribution in [3.63, 3.8) is 0 Å². The average Bonchev–Trinajstić information content (AvgIpc) is 2.81. The van der Waals surface area contributed by atoms with Crippen LogP contribution in [0.3, 0.4) is 0 Å². The molecule has 0 spiro atoms. The first-order valence-electron chi connectivity index (χ1n) is 10.1. The summed E-state index contributed by atoms with van der Waals surface area (Å²) in [5.74, 6) is 0.610. The summed E-state index contributed by atoms with van der Waals surface area (Å²) in [6.07, 6.45) is 0. The molecule has 1 heterocycles. The van der Waals surface area contributed by atoms with Crippen LogP contribution >= 0.6 is 11.6 Å². The lowest BCUT2D eigenvalue weighted by Crippen LogP contribution is -2.37. The summed E-state index contributed by atoms with van der Waals surface area (Å²) in [7, 11) is -3.97. The Morgan fingerprint density at radius 3 is 2.39 bits per heavy atom. The highest BCUT2D eigenvalue weighted by atomic mass is 35.5. The van der Waals surface area contributed by atoms with Gasteiger partial charge in [0.25, 0.3) is 5.91 Å². The van der Waals surface area contributed by atoms with E-state index in [1.54, 1.807) is 42.5 Å². The molecule has 1 aliphatic heterocycles. The van der Waals surface area contributed by atoms with Gasteiger partial charge in [-0.1, -0.05) is 23.7 Å². The van der Waals surface area contributed by atoms with E-state index in [9.17, 15) is 13.2 Å². The molecule has 1 amide bonds. The number of primary sulfonamides is 1. The minimum absolute atomic E-state index is 0.131. The van der Waals surface area contributed by atoms with Crippen LogP contribution in [0.25, 0.3) is 0 Å². The Kier molecular flexibility index (Phi) is 6.85. The van der Waals surface area contributed by atoms with Crippen LogP contribution in [0.15, 0.2) is 71.6 Å². The Labute approximate surface area is 196 Å². The summed E-state index contributed by atoms with van der Waals surface area (Å²) in [6.45, 7) is 2.21. The Bertz CT molecular complexity index is 1260.